The fourth-order valence-electron chi connectivity index (χ4n) is 3.23. The molecule has 0 bridgehead atoms. The Labute approximate surface area is 144 Å². The van der Waals surface area contributed by atoms with Crippen molar-refractivity contribution in [2.24, 2.45) is 0 Å². The second-order valence-corrected chi connectivity index (χ2v) is 6.07. The molecule has 25 heavy (non-hydrogen) atoms. The van der Waals surface area contributed by atoms with E-state index in [1.165, 1.54) is 23.0 Å². The summed E-state index contributed by atoms with van der Waals surface area (Å²) >= 11 is 0. The summed E-state index contributed by atoms with van der Waals surface area (Å²) in [6.45, 7) is 0.477. The Morgan fingerprint density at radius 3 is 2.80 bits per heavy atom. The number of para-hydroxylation sites is 1. The van der Waals surface area contributed by atoms with Crippen molar-refractivity contribution in [2.75, 3.05) is 6.54 Å². The Hall–Kier alpha value is -3.14. The molecule has 0 aliphatic heterocycles. The quantitative estimate of drug-likeness (QED) is 0.795. The highest BCUT2D eigenvalue weighted by atomic mass is 16.3. The van der Waals surface area contributed by atoms with Crippen LogP contribution in [0, 0.1) is 0 Å². The highest BCUT2D eigenvalue weighted by Crippen LogP contribution is 2.28. The zero-order valence-electron chi connectivity index (χ0n) is 13.6. The van der Waals surface area contributed by atoms with E-state index < -0.39 is 5.91 Å². The van der Waals surface area contributed by atoms with Crippen LogP contribution in [0.5, 0.6) is 0 Å². The van der Waals surface area contributed by atoms with Gasteiger partial charge in [0.2, 0.25) is 5.43 Å². The van der Waals surface area contributed by atoms with E-state index in [1.807, 2.05) is 12.1 Å². The van der Waals surface area contributed by atoms with Gasteiger partial charge in [0.1, 0.15) is 17.4 Å². The summed E-state index contributed by atoms with van der Waals surface area (Å²) in [5.41, 5.74) is 4.03. The topological polar surface area (TPSA) is 59.3 Å². The number of nitrogens with one attached hydrogen (secondary N) is 1. The van der Waals surface area contributed by atoms with Crippen LogP contribution < -0.4 is 10.7 Å². The van der Waals surface area contributed by atoms with Crippen LogP contribution in [-0.4, -0.2) is 12.5 Å². The third kappa shape index (κ3) is 2.87. The summed E-state index contributed by atoms with van der Waals surface area (Å²) in [4.78, 5) is 24.8. The van der Waals surface area contributed by atoms with Crippen molar-refractivity contribution in [3.8, 4) is 0 Å². The maximum Gasteiger partial charge on any atom is 0.258 e. The van der Waals surface area contributed by atoms with Crippen LogP contribution in [0.3, 0.4) is 0 Å². The zero-order valence-corrected chi connectivity index (χ0v) is 13.6. The van der Waals surface area contributed by atoms with E-state index in [0.29, 0.717) is 17.5 Å². The van der Waals surface area contributed by atoms with Crippen LogP contribution >= 0.6 is 0 Å². The van der Waals surface area contributed by atoms with E-state index in [4.69, 9.17) is 4.42 Å². The molecule has 0 saturated carbocycles. The molecule has 4 heteroatoms. The fourth-order valence-corrected chi connectivity index (χ4v) is 3.23. The van der Waals surface area contributed by atoms with Crippen LogP contribution in [0.4, 0.5) is 0 Å². The van der Waals surface area contributed by atoms with Gasteiger partial charge in [0.15, 0.2) is 0 Å². The Kier molecular flexibility index (Phi) is 3.94. The summed E-state index contributed by atoms with van der Waals surface area (Å²) in [6.07, 6.45) is 5.11. The molecule has 4 rings (SSSR count). The highest BCUT2D eigenvalue weighted by molar-refractivity contribution is 5.96. The van der Waals surface area contributed by atoms with E-state index in [-0.39, 0.29) is 11.0 Å². The molecule has 1 N–H and O–H groups in total. The van der Waals surface area contributed by atoms with Crippen molar-refractivity contribution in [3.05, 3.63) is 87.8 Å². The monoisotopic (exact) mass is 331 g/mol. The van der Waals surface area contributed by atoms with Crippen LogP contribution in [0.1, 0.15) is 27.9 Å². The Bertz CT molecular complexity index is 1050. The smallest absolute Gasteiger partial charge is 0.258 e. The lowest BCUT2D eigenvalue weighted by Crippen LogP contribution is -2.29. The number of rotatable bonds is 4. The van der Waals surface area contributed by atoms with Gasteiger partial charge in [-0.3, -0.25) is 9.59 Å². The molecule has 3 aromatic rings. The average Bonchev–Trinajstić information content (AvgIpc) is 3.05. The maximum atomic E-state index is 12.4. The number of carbonyl (C=O) groups is 1. The molecule has 0 radical (unpaired) electrons. The van der Waals surface area contributed by atoms with Crippen molar-refractivity contribution in [2.45, 2.75) is 12.8 Å². The number of allylic oxidation sites excluding steroid dienone is 1. The molecule has 4 nitrogen and oxygen atoms in total. The van der Waals surface area contributed by atoms with Crippen LogP contribution in [0.25, 0.3) is 16.5 Å². The number of benzene rings is 2. The molecule has 124 valence electrons. The molecular weight excluding hydrogens is 314 g/mol. The van der Waals surface area contributed by atoms with Crippen LogP contribution in [-0.2, 0) is 6.42 Å². The van der Waals surface area contributed by atoms with Gasteiger partial charge in [0.05, 0.1) is 5.39 Å². The Balaban J connectivity index is 1.45. The van der Waals surface area contributed by atoms with Crippen molar-refractivity contribution in [1.82, 2.24) is 5.32 Å². The second-order valence-electron chi connectivity index (χ2n) is 6.07. The molecule has 1 aromatic heterocycles. The molecule has 0 spiro atoms. The van der Waals surface area contributed by atoms with E-state index in [0.717, 1.165) is 12.8 Å². The molecule has 1 heterocycles. The molecule has 0 saturated heterocycles. The number of hydrogen-bond acceptors (Lipinski definition) is 3. The molecule has 1 aliphatic rings. The van der Waals surface area contributed by atoms with E-state index >= 15 is 0 Å². The minimum atomic E-state index is -0.397. The molecule has 0 fully saturated rings. The van der Waals surface area contributed by atoms with Gasteiger partial charge in [-0.1, -0.05) is 42.5 Å². The average molecular weight is 331 g/mol. The number of carbonyl (C=O) groups excluding carboxylic acids is 1. The third-order valence-electron chi connectivity index (χ3n) is 4.54. The number of fused-ring (bicyclic) bond motifs is 2. The largest absolute Gasteiger partial charge is 0.463 e. The fraction of sp³-hybridized carbons (Fsp3) is 0.143. The van der Waals surface area contributed by atoms with Gasteiger partial charge in [0.25, 0.3) is 5.91 Å². The van der Waals surface area contributed by atoms with E-state index in [1.54, 1.807) is 24.3 Å². The lowest BCUT2D eigenvalue weighted by Gasteiger charge is -2.08. The van der Waals surface area contributed by atoms with Gasteiger partial charge in [-0.15, -0.1) is 0 Å². The third-order valence-corrected chi connectivity index (χ3v) is 4.54. The highest BCUT2D eigenvalue weighted by Gasteiger charge is 2.16. The maximum absolute atomic E-state index is 12.4. The van der Waals surface area contributed by atoms with Gasteiger partial charge in [-0.05, 0) is 41.7 Å². The van der Waals surface area contributed by atoms with E-state index in [9.17, 15) is 9.59 Å². The minimum absolute atomic E-state index is 0.0412. The summed E-state index contributed by atoms with van der Waals surface area (Å²) in [5.74, 6) is -0.397. The first kappa shape index (κ1) is 15.4. The summed E-state index contributed by atoms with van der Waals surface area (Å²) in [7, 11) is 0. The Morgan fingerprint density at radius 2 is 1.88 bits per heavy atom. The summed E-state index contributed by atoms with van der Waals surface area (Å²) < 4.78 is 5.40. The minimum Gasteiger partial charge on any atom is -0.463 e. The van der Waals surface area contributed by atoms with Gasteiger partial charge < -0.3 is 9.73 Å². The first-order valence-electron chi connectivity index (χ1n) is 8.30. The van der Waals surface area contributed by atoms with E-state index in [2.05, 4.69) is 23.5 Å². The molecular formula is C21H17NO3. The van der Waals surface area contributed by atoms with Gasteiger partial charge in [-0.2, -0.15) is 0 Å². The normalized spacial score (nSPS) is 12.7. The Morgan fingerprint density at radius 1 is 1.08 bits per heavy atom. The van der Waals surface area contributed by atoms with Crippen molar-refractivity contribution in [3.63, 3.8) is 0 Å². The van der Waals surface area contributed by atoms with Gasteiger partial charge >= 0.3 is 0 Å². The predicted octanol–water partition coefficient (Wildman–Crippen LogP) is 3.55. The van der Waals surface area contributed by atoms with Crippen molar-refractivity contribution >= 4 is 22.4 Å². The molecule has 1 amide bonds. The molecule has 0 atom stereocenters. The van der Waals surface area contributed by atoms with Crippen LogP contribution in [0.2, 0.25) is 0 Å². The SMILES string of the molecule is O=C(NCCC1=CCc2ccccc21)c1coc2ccccc2c1=O. The summed E-state index contributed by atoms with van der Waals surface area (Å²) in [6, 6.07) is 15.2. The first-order chi connectivity index (χ1) is 12.2. The molecule has 2 aromatic carbocycles. The number of hydrogen-bond donors (Lipinski definition) is 1. The molecule has 1 aliphatic carbocycles. The molecule has 0 unspecified atom stereocenters. The lowest BCUT2D eigenvalue weighted by atomic mass is 10.0. The van der Waals surface area contributed by atoms with Crippen molar-refractivity contribution in [1.29, 1.82) is 0 Å². The van der Waals surface area contributed by atoms with Crippen LogP contribution in [0.15, 0.2) is 70.1 Å². The van der Waals surface area contributed by atoms with Crippen molar-refractivity contribution < 1.29 is 9.21 Å². The predicted molar refractivity (Wildman–Crippen MR) is 97.6 cm³/mol. The lowest BCUT2D eigenvalue weighted by molar-refractivity contribution is 0.0952. The standard InChI is InChI=1S/C21H17NO3/c23-20-17-7-3-4-8-19(17)25-13-18(20)21(24)22-12-11-15-10-9-14-5-1-2-6-16(14)15/h1-8,10,13H,9,11-12H2,(H,22,24). The van der Waals surface area contributed by atoms with Gasteiger partial charge in [-0.25, -0.2) is 0 Å². The zero-order chi connectivity index (χ0) is 17.2. The second kappa shape index (κ2) is 6.40. The first-order valence-corrected chi connectivity index (χ1v) is 8.30. The summed E-state index contributed by atoms with van der Waals surface area (Å²) in [5, 5.41) is 3.24. The van der Waals surface area contributed by atoms with Gasteiger partial charge in [0, 0.05) is 6.54 Å². The number of amides is 1.